The molecule has 168 valence electrons. The number of carbonyl (C=O) groups excluding carboxylic acids is 2. The zero-order valence-corrected chi connectivity index (χ0v) is 17.8. The second-order valence-corrected chi connectivity index (χ2v) is 9.79. The number of rotatable bonds is 8. The number of carbonyl (C=O) groups is 3. The first-order valence-electron chi connectivity index (χ1n) is 10.1. The van der Waals surface area contributed by atoms with Gasteiger partial charge >= 0.3 is 12.1 Å². The number of fused-ring (bicyclic) bond motifs is 3. The summed E-state index contributed by atoms with van der Waals surface area (Å²) in [5.41, 5.74) is 4.09. The molecule has 0 aromatic heterocycles. The fourth-order valence-corrected chi connectivity index (χ4v) is 5.19. The number of hydrogen-bond donors (Lipinski definition) is 3. The summed E-state index contributed by atoms with van der Waals surface area (Å²) in [5, 5.41) is 10.6. The molecule has 3 N–H and O–H groups in total. The van der Waals surface area contributed by atoms with Gasteiger partial charge in [0.25, 0.3) is 5.91 Å². The maximum atomic E-state index is 12.4. The third kappa shape index (κ3) is 4.59. The average molecular weight is 458 g/mol. The number of benzene rings is 2. The Kier molecular flexibility index (Phi) is 5.88. The summed E-state index contributed by atoms with van der Waals surface area (Å²) in [7, 11) is -3.88. The summed E-state index contributed by atoms with van der Waals surface area (Å²) < 4.78 is 31.2. The molecule has 2 aliphatic rings. The highest BCUT2D eigenvalue weighted by Crippen LogP contribution is 2.44. The van der Waals surface area contributed by atoms with Gasteiger partial charge in [0, 0.05) is 5.92 Å². The molecule has 2 aromatic rings. The fourth-order valence-electron chi connectivity index (χ4n) is 3.84. The van der Waals surface area contributed by atoms with E-state index in [0.717, 1.165) is 22.3 Å². The van der Waals surface area contributed by atoms with Gasteiger partial charge in [0.05, 0.1) is 11.7 Å². The Bertz CT molecular complexity index is 1130. The van der Waals surface area contributed by atoms with Crippen molar-refractivity contribution >= 4 is 28.0 Å². The Morgan fingerprint density at radius 1 is 1.00 bits per heavy atom. The molecule has 0 spiro atoms. The summed E-state index contributed by atoms with van der Waals surface area (Å²) in [6, 6.07) is 13.9. The number of sulfonamides is 1. The number of amides is 2. The molecule has 2 aromatic carbocycles. The van der Waals surface area contributed by atoms with Crippen molar-refractivity contribution in [3.05, 3.63) is 59.7 Å². The number of ether oxygens (including phenoxy) is 1. The minimum atomic E-state index is -3.88. The van der Waals surface area contributed by atoms with Crippen molar-refractivity contribution in [2.75, 3.05) is 6.61 Å². The van der Waals surface area contributed by atoms with Crippen LogP contribution in [0.4, 0.5) is 4.79 Å². The largest absolute Gasteiger partial charge is 0.481 e. The standard InChI is InChI=1S/C22H22N2O7S/c25-20(26)11-19(21(27)24-32(29,30)13-9-10-13)23-22(28)31-12-18-16-7-3-1-5-14(16)15-6-2-4-8-17(15)18/h1-8,13,18-19H,9-12H2,(H,23,28)(H,24,27)(H,25,26). The molecule has 32 heavy (non-hydrogen) atoms. The molecule has 2 aliphatic carbocycles. The summed E-state index contributed by atoms with van der Waals surface area (Å²) in [6.45, 7) is -0.0261. The second kappa shape index (κ2) is 8.62. The first-order valence-corrected chi connectivity index (χ1v) is 11.7. The van der Waals surface area contributed by atoms with Crippen molar-refractivity contribution in [3.63, 3.8) is 0 Å². The molecular formula is C22H22N2O7S. The zero-order chi connectivity index (χ0) is 22.9. The Labute approximate surface area is 184 Å². The van der Waals surface area contributed by atoms with E-state index >= 15 is 0 Å². The molecule has 9 nitrogen and oxygen atoms in total. The maximum Gasteiger partial charge on any atom is 0.407 e. The highest BCUT2D eigenvalue weighted by Gasteiger charge is 2.39. The minimum absolute atomic E-state index is 0.0261. The van der Waals surface area contributed by atoms with Gasteiger partial charge in [0.1, 0.15) is 12.6 Å². The summed E-state index contributed by atoms with van der Waals surface area (Å²) in [4.78, 5) is 35.8. The van der Waals surface area contributed by atoms with Gasteiger partial charge in [0.15, 0.2) is 0 Å². The predicted molar refractivity (Wildman–Crippen MR) is 114 cm³/mol. The van der Waals surface area contributed by atoms with Crippen LogP contribution in [0.15, 0.2) is 48.5 Å². The molecule has 4 rings (SSSR count). The van der Waals surface area contributed by atoms with Crippen molar-refractivity contribution < 1.29 is 32.6 Å². The van der Waals surface area contributed by atoms with Crippen molar-refractivity contribution in [1.82, 2.24) is 10.0 Å². The monoisotopic (exact) mass is 458 g/mol. The van der Waals surface area contributed by atoms with Crippen LogP contribution in [0.1, 0.15) is 36.3 Å². The van der Waals surface area contributed by atoms with Crippen molar-refractivity contribution in [2.24, 2.45) is 0 Å². The molecule has 0 aliphatic heterocycles. The molecule has 10 heteroatoms. The van der Waals surface area contributed by atoms with Crippen molar-refractivity contribution in [3.8, 4) is 11.1 Å². The first kappa shape index (κ1) is 21.8. The summed E-state index contributed by atoms with van der Waals surface area (Å²) in [6.07, 6.45) is -0.911. The van der Waals surface area contributed by atoms with E-state index in [1.54, 1.807) is 0 Å². The molecule has 0 bridgehead atoms. The number of alkyl carbamates (subject to hydrolysis) is 1. The van der Waals surface area contributed by atoms with Gasteiger partial charge in [-0.25, -0.2) is 13.2 Å². The molecule has 0 radical (unpaired) electrons. The van der Waals surface area contributed by atoms with Gasteiger partial charge in [-0.05, 0) is 35.1 Å². The van der Waals surface area contributed by atoms with E-state index in [0.29, 0.717) is 12.8 Å². The lowest BCUT2D eigenvalue weighted by molar-refractivity contribution is -0.139. The Morgan fingerprint density at radius 2 is 1.56 bits per heavy atom. The van der Waals surface area contributed by atoms with Crippen LogP contribution >= 0.6 is 0 Å². The maximum absolute atomic E-state index is 12.4. The van der Waals surface area contributed by atoms with Crippen LogP contribution in [0, 0.1) is 0 Å². The van der Waals surface area contributed by atoms with E-state index in [1.165, 1.54) is 0 Å². The smallest absolute Gasteiger partial charge is 0.407 e. The van der Waals surface area contributed by atoms with Crippen molar-refractivity contribution in [1.29, 1.82) is 0 Å². The topological polar surface area (TPSA) is 139 Å². The third-order valence-corrected chi connectivity index (χ3v) is 7.37. The number of nitrogens with one attached hydrogen (secondary N) is 2. The van der Waals surface area contributed by atoms with Gasteiger partial charge in [-0.1, -0.05) is 48.5 Å². The lowest BCUT2D eigenvalue weighted by Crippen LogP contribution is -2.50. The lowest BCUT2D eigenvalue weighted by atomic mass is 9.98. The van der Waals surface area contributed by atoms with Crippen molar-refractivity contribution in [2.45, 2.75) is 36.5 Å². The zero-order valence-electron chi connectivity index (χ0n) is 17.0. The molecule has 0 heterocycles. The highest BCUT2D eigenvalue weighted by molar-refractivity contribution is 7.90. The Balaban J connectivity index is 1.42. The molecule has 1 fully saturated rings. The SMILES string of the molecule is O=C(O)CC(NC(=O)OCC1c2ccccc2-c2ccccc21)C(=O)NS(=O)(=O)C1CC1. The van der Waals surface area contributed by atoms with Gasteiger partial charge in [0.2, 0.25) is 10.0 Å². The van der Waals surface area contributed by atoms with Gasteiger partial charge in [-0.2, -0.15) is 0 Å². The number of hydrogen-bond acceptors (Lipinski definition) is 6. The van der Waals surface area contributed by atoms with E-state index in [-0.39, 0.29) is 12.5 Å². The molecule has 1 atom stereocenters. The average Bonchev–Trinajstić information content (AvgIpc) is 3.56. The van der Waals surface area contributed by atoms with Crippen LogP contribution in [-0.4, -0.2) is 49.4 Å². The number of carboxylic acid groups (broad SMARTS) is 1. The highest BCUT2D eigenvalue weighted by atomic mass is 32.2. The van der Waals surface area contributed by atoms with E-state index in [4.69, 9.17) is 9.84 Å². The predicted octanol–water partition coefficient (Wildman–Crippen LogP) is 1.98. The van der Waals surface area contributed by atoms with Crippen LogP contribution in [-0.2, 0) is 24.3 Å². The van der Waals surface area contributed by atoms with Crippen LogP contribution in [0.5, 0.6) is 0 Å². The number of carboxylic acids is 1. The molecule has 0 saturated heterocycles. The molecule has 1 unspecified atom stereocenters. The molecule has 1 saturated carbocycles. The quantitative estimate of drug-likeness (QED) is 0.550. The van der Waals surface area contributed by atoms with Crippen LogP contribution < -0.4 is 10.0 Å². The normalized spacial score (nSPS) is 15.9. The van der Waals surface area contributed by atoms with Crippen LogP contribution in [0.25, 0.3) is 11.1 Å². The van der Waals surface area contributed by atoms with E-state index < -0.39 is 45.7 Å². The lowest BCUT2D eigenvalue weighted by Gasteiger charge is -2.18. The van der Waals surface area contributed by atoms with E-state index in [2.05, 4.69) is 5.32 Å². The van der Waals surface area contributed by atoms with E-state index in [9.17, 15) is 22.8 Å². The van der Waals surface area contributed by atoms with Gasteiger partial charge in [-0.15, -0.1) is 0 Å². The fraction of sp³-hybridized carbons (Fsp3) is 0.318. The minimum Gasteiger partial charge on any atom is -0.481 e. The number of aliphatic carboxylic acids is 1. The third-order valence-electron chi connectivity index (χ3n) is 5.54. The van der Waals surface area contributed by atoms with E-state index in [1.807, 2.05) is 53.3 Å². The van der Waals surface area contributed by atoms with Gasteiger partial charge in [-0.3, -0.25) is 14.3 Å². The summed E-state index contributed by atoms with van der Waals surface area (Å²) >= 11 is 0. The molecule has 2 amide bonds. The second-order valence-electron chi connectivity index (χ2n) is 7.83. The summed E-state index contributed by atoms with van der Waals surface area (Å²) in [5.74, 6) is -2.68. The Hall–Kier alpha value is -3.40. The first-order chi connectivity index (χ1) is 15.3. The Morgan fingerprint density at radius 3 is 2.09 bits per heavy atom. The van der Waals surface area contributed by atoms with Gasteiger partial charge < -0.3 is 15.2 Å². The molecular weight excluding hydrogens is 436 g/mol. The van der Waals surface area contributed by atoms with Crippen LogP contribution in [0.3, 0.4) is 0 Å². The van der Waals surface area contributed by atoms with Crippen LogP contribution in [0.2, 0.25) is 0 Å².